The van der Waals surface area contributed by atoms with Crippen LogP contribution in [0.3, 0.4) is 0 Å². The molecule has 4 heteroatoms. The van der Waals surface area contributed by atoms with Crippen LogP contribution in [0.25, 0.3) is 0 Å². The van der Waals surface area contributed by atoms with Gasteiger partial charge in [-0.2, -0.15) is 5.26 Å². The fraction of sp³-hybridized carbons (Fsp3) is 0.312. The van der Waals surface area contributed by atoms with Gasteiger partial charge < -0.3 is 9.88 Å². The van der Waals surface area contributed by atoms with Gasteiger partial charge in [-0.05, 0) is 36.6 Å². The van der Waals surface area contributed by atoms with E-state index >= 15 is 0 Å². The minimum atomic E-state index is 0.320. The van der Waals surface area contributed by atoms with Gasteiger partial charge in [0.05, 0.1) is 0 Å². The number of nitrogens with zero attached hydrogens (tertiary/aromatic N) is 2. The number of nitriles is 1. The second-order valence-corrected chi connectivity index (χ2v) is 5.44. The standard InChI is InChI=1S/C16H18ClN3/c1-12(7-14-5-3-4-6-16(14)17)19-10-13-8-15(9-18)20(2)11-13/h3-6,8,11-12,19H,7,10H2,1-2H3. The Morgan fingerprint density at radius 1 is 1.40 bits per heavy atom. The number of nitrogens with one attached hydrogen (secondary N) is 1. The largest absolute Gasteiger partial charge is 0.342 e. The Kier molecular flexibility index (Phi) is 4.84. The summed E-state index contributed by atoms with van der Waals surface area (Å²) in [5.74, 6) is 0. The molecule has 2 rings (SSSR count). The highest BCUT2D eigenvalue weighted by atomic mass is 35.5. The highest BCUT2D eigenvalue weighted by Crippen LogP contribution is 2.16. The fourth-order valence-electron chi connectivity index (χ4n) is 2.20. The average Bonchev–Trinajstić information content (AvgIpc) is 2.79. The monoisotopic (exact) mass is 287 g/mol. The number of rotatable bonds is 5. The molecule has 20 heavy (non-hydrogen) atoms. The van der Waals surface area contributed by atoms with Crippen molar-refractivity contribution in [2.45, 2.75) is 25.9 Å². The van der Waals surface area contributed by atoms with Crippen LogP contribution in [0.5, 0.6) is 0 Å². The Hall–Kier alpha value is -1.76. The molecule has 1 atom stereocenters. The van der Waals surface area contributed by atoms with Gasteiger partial charge in [-0.1, -0.05) is 29.8 Å². The molecule has 1 aromatic heterocycles. The van der Waals surface area contributed by atoms with Crippen LogP contribution < -0.4 is 5.32 Å². The molecule has 0 saturated carbocycles. The zero-order chi connectivity index (χ0) is 14.5. The lowest BCUT2D eigenvalue weighted by molar-refractivity contribution is 0.545. The minimum Gasteiger partial charge on any atom is -0.342 e. The Balaban J connectivity index is 1.91. The summed E-state index contributed by atoms with van der Waals surface area (Å²) < 4.78 is 1.84. The molecule has 0 radical (unpaired) electrons. The van der Waals surface area contributed by atoms with Crippen LogP contribution >= 0.6 is 11.6 Å². The van der Waals surface area contributed by atoms with Crippen LogP contribution in [-0.2, 0) is 20.0 Å². The SMILES string of the molecule is CC(Cc1ccccc1Cl)NCc1cc(C#N)n(C)c1. The molecule has 1 aromatic carbocycles. The molecule has 104 valence electrons. The van der Waals surface area contributed by atoms with Gasteiger partial charge in [-0.25, -0.2) is 0 Å². The third kappa shape index (κ3) is 3.63. The summed E-state index contributed by atoms with van der Waals surface area (Å²) in [7, 11) is 1.88. The van der Waals surface area contributed by atoms with E-state index in [2.05, 4.69) is 24.4 Å². The van der Waals surface area contributed by atoms with E-state index in [1.54, 1.807) is 0 Å². The van der Waals surface area contributed by atoms with E-state index in [4.69, 9.17) is 16.9 Å². The lowest BCUT2D eigenvalue weighted by Gasteiger charge is -2.14. The topological polar surface area (TPSA) is 40.8 Å². The molecule has 1 heterocycles. The summed E-state index contributed by atoms with van der Waals surface area (Å²) in [4.78, 5) is 0. The Labute approximate surface area is 124 Å². The Morgan fingerprint density at radius 2 is 2.15 bits per heavy atom. The van der Waals surface area contributed by atoms with Crippen molar-refractivity contribution in [2.75, 3.05) is 0 Å². The van der Waals surface area contributed by atoms with E-state index in [-0.39, 0.29) is 0 Å². The molecule has 0 aliphatic carbocycles. The smallest absolute Gasteiger partial charge is 0.120 e. The van der Waals surface area contributed by atoms with Crippen molar-refractivity contribution >= 4 is 11.6 Å². The highest BCUT2D eigenvalue weighted by molar-refractivity contribution is 6.31. The highest BCUT2D eigenvalue weighted by Gasteiger charge is 2.07. The number of aromatic nitrogens is 1. The number of halogens is 1. The number of hydrogen-bond donors (Lipinski definition) is 1. The Bertz CT molecular complexity index is 625. The van der Waals surface area contributed by atoms with Gasteiger partial charge >= 0.3 is 0 Å². The Morgan fingerprint density at radius 3 is 2.80 bits per heavy atom. The molecular formula is C16H18ClN3. The van der Waals surface area contributed by atoms with Crippen molar-refractivity contribution in [3.63, 3.8) is 0 Å². The van der Waals surface area contributed by atoms with Gasteiger partial charge in [-0.3, -0.25) is 0 Å². The number of aryl methyl sites for hydroxylation is 1. The molecule has 0 saturated heterocycles. The van der Waals surface area contributed by atoms with E-state index in [0.29, 0.717) is 11.7 Å². The van der Waals surface area contributed by atoms with Crippen LogP contribution in [0.1, 0.15) is 23.7 Å². The molecule has 0 spiro atoms. The van der Waals surface area contributed by atoms with E-state index in [0.717, 1.165) is 29.1 Å². The van der Waals surface area contributed by atoms with Crippen LogP contribution in [0.2, 0.25) is 5.02 Å². The molecule has 0 aliphatic heterocycles. The number of hydrogen-bond acceptors (Lipinski definition) is 2. The van der Waals surface area contributed by atoms with Crippen molar-refractivity contribution < 1.29 is 0 Å². The quantitative estimate of drug-likeness (QED) is 0.917. The zero-order valence-corrected chi connectivity index (χ0v) is 12.5. The first-order chi connectivity index (χ1) is 9.60. The first-order valence-electron chi connectivity index (χ1n) is 6.62. The summed E-state index contributed by atoms with van der Waals surface area (Å²) in [6.07, 6.45) is 2.87. The van der Waals surface area contributed by atoms with Crippen molar-refractivity contribution in [1.29, 1.82) is 5.26 Å². The first-order valence-corrected chi connectivity index (χ1v) is 7.00. The van der Waals surface area contributed by atoms with Crippen LogP contribution in [0.15, 0.2) is 36.5 Å². The molecule has 3 nitrogen and oxygen atoms in total. The maximum Gasteiger partial charge on any atom is 0.120 e. The summed E-state index contributed by atoms with van der Waals surface area (Å²) in [6.45, 7) is 2.89. The molecule has 0 aliphatic rings. The lowest BCUT2D eigenvalue weighted by Crippen LogP contribution is -2.27. The molecule has 2 aromatic rings. The molecular weight excluding hydrogens is 270 g/mol. The normalized spacial score (nSPS) is 12.1. The lowest BCUT2D eigenvalue weighted by atomic mass is 10.1. The summed E-state index contributed by atoms with van der Waals surface area (Å²) in [5, 5.41) is 13.2. The molecule has 0 amide bonds. The fourth-order valence-corrected chi connectivity index (χ4v) is 2.41. The maximum absolute atomic E-state index is 8.93. The minimum absolute atomic E-state index is 0.320. The van der Waals surface area contributed by atoms with Gasteiger partial charge in [0.2, 0.25) is 0 Å². The van der Waals surface area contributed by atoms with E-state index < -0.39 is 0 Å². The van der Waals surface area contributed by atoms with Crippen molar-refractivity contribution in [3.8, 4) is 6.07 Å². The first kappa shape index (κ1) is 14.6. The van der Waals surface area contributed by atoms with Crippen LogP contribution in [0.4, 0.5) is 0 Å². The molecule has 1 N–H and O–H groups in total. The summed E-state index contributed by atoms with van der Waals surface area (Å²) in [5.41, 5.74) is 2.95. The third-order valence-electron chi connectivity index (χ3n) is 3.31. The molecule has 0 fully saturated rings. The van der Waals surface area contributed by atoms with E-state index in [1.807, 2.05) is 42.1 Å². The summed E-state index contributed by atoms with van der Waals surface area (Å²) >= 11 is 6.16. The third-order valence-corrected chi connectivity index (χ3v) is 3.68. The second-order valence-electron chi connectivity index (χ2n) is 5.03. The van der Waals surface area contributed by atoms with Crippen LogP contribution in [0, 0.1) is 11.3 Å². The van der Waals surface area contributed by atoms with Gasteiger partial charge in [0.1, 0.15) is 11.8 Å². The van der Waals surface area contributed by atoms with E-state index in [1.165, 1.54) is 0 Å². The molecule has 1 unspecified atom stereocenters. The number of benzene rings is 1. The van der Waals surface area contributed by atoms with Gasteiger partial charge in [0.15, 0.2) is 0 Å². The summed E-state index contributed by atoms with van der Waals surface area (Å²) in [6, 6.07) is 12.3. The van der Waals surface area contributed by atoms with Gasteiger partial charge in [-0.15, -0.1) is 0 Å². The average molecular weight is 288 g/mol. The predicted octanol–water partition coefficient (Wildman–Crippen LogP) is 3.27. The predicted molar refractivity (Wildman–Crippen MR) is 81.6 cm³/mol. The van der Waals surface area contributed by atoms with E-state index in [9.17, 15) is 0 Å². The van der Waals surface area contributed by atoms with Crippen molar-refractivity contribution in [2.24, 2.45) is 7.05 Å². The maximum atomic E-state index is 8.93. The van der Waals surface area contributed by atoms with Crippen molar-refractivity contribution in [3.05, 3.63) is 58.4 Å². The van der Waals surface area contributed by atoms with Crippen molar-refractivity contribution in [1.82, 2.24) is 9.88 Å². The zero-order valence-electron chi connectivity index (χ0n) is 11.7. The van der Waals surface area contributed by atoms with Crippen LogP contribution in [-0.4, -0.2) is 10.6 Å². The van der Waals surface area contributed by atoms with Gasteiger partial charge in [0, 0.05) is 30.9 Å². The molecule has 0 bridgehead atoms. The second kappa shape index (κ2) is 6.60. The van der Waals surface area contributed by atoms with Gasteiger partial charge in [0.25, 0.3) is 0 Å².